The van der Waals surface area contributed by atoms with E-state index in [0.29, 0.717) is 5.56 Å². The molecule has 5 nitrogen and oxygen atoms in total. The second-order valence-electron chi connectivity index (χ2n) is 7.46. The van der Waals surface area contributed by atoms with Crippen molar-refractivity contribution in [3.05, 3.63) is 83.8 Å². The minimum Gasteiger partial charge on any atom is -0.360 e. The molecule has 0 radical (unpaired) electrons. The number of pyridine rings is 1. The Kier molecular flexibility index (Phi) is 4.28. The molecule has 1 amide bonds. The molecule has 0 atom stereocenters. The van der Waals surface area contributed by atoms with Crippen molar-refractivity contribution in [1.82, 2.24) is 9.97 Å². The number of carbonyl (C=O) groups is 1. The number of nitrogens with one attached hydrogen (secondary N) is 2. The van der Waals surface area contributed by atoms with Gasteiger partial charge < -0.3 is 15.2 Å². The fourth-order valence-corrected chi connectivity index (χ4v) is 4.18. The Morgan fingerprint density at radius 3 is 2.76 bits per heavy atom. The lowest BCUT2D eigenvalue weighted by Crippen LogP contribution is -2.14. The maximum absolute atomic E-state index is 13.1. The van der Waals surface area contributed by atoms with Gasteiger partial charge in [0.1, 0.15) is 0 Å². The Morgan fingerprint density at radius 1 is 1.07 bits per heavy atom. The summed E-state index contributed by atoms with van der Waals surface area (Å²) >= 11 is 0. The van der Waals surface area contributed by atoms with E-state index in [1.807, 2.05) is 43.4 Å². The van der Waals surface area contributed by atoms with E-state index < -0.39 is 0 Å². The third-order valence-corrected chi connectivity index (χ3v) is 5.70. The van der Waals surface area contributed by atoms with Crippen molar-refractivity contribution in [3.8, 4) is 0 Å². The Morgan fingerprint density at radius 2 is 1.90 bits per heavy atom. The maximum Gasteiger partial charge on any atom is 0.257 e. The fraction of sp³-hybridized carbons (Fsp3) is 0.167. The largest absolute Gasteiger partial charge is 0.360 e. The summed E-state index contributed by atoms with van der Waals surface area (Å²) in [5, 5.41) is 3.99. The number of hydrogen-bond acceptors (Lipinski definition) is 3. The van der Waals surface area contributed by atoms with Crippen molar-refractivity contribution < 1.29 is 4.79 Å². The van der Waals surface area contributed by atoms with Gasteiger partial charge in [-0.25, -0.2) is 0 Å². The molecule has 2 aromatic carbocycles. The Balaban J connectivity index is 1.51. The molecule has 0 fully saturated rings. The molecule has 0 saturated heterocycles. The van der Waals surface area contributed by atoms with Crippen LogP contribution in [0.3, 0.4) is 0 Å². The van der Waals surface area contributed by atoms with Gasteiger partial charge in [0.2, 0.25) is 0 Å². The predicted molar refractivity (Wildman–Crippen MR) is 117 cm³/mol. The highest BCUT2D eigenvalue weighted by molar-refractivity contribution is 6.16. The lowest BCUT2D eigenvalue weighted by atomic mass is 10.1. The van der Waals surface area contributed by atoms with Crippen molar-refractivity contribution in [2.45, 2.75) is 19.3 Å². The van der Waals surface area contributed by atoms with E-state index in [9.17, 15) is 4.79 Å². The lowest BCUT2D eigenvalue weighted by molar-refractivity contribution is 0.102. The van der Waals surface area contributed by atoms with Gasteiger partial charge in [-0.1, -0.05) is 12.1 Å². The molecule has 29 heavy (non-hydrogen) atoms. The molecule has 2 aromatic heterocycles. The van der Waals surface area contributed by atoms with Crippen LogP contribution in [0.25, 0.3) is 10.9 Å². The van der Waals surface area contributed by atoms with Crippen molar-refractivity contribution >= 4 is 33.9 Å². The van der Waals surface area contributed by atoms with Crippen LogP contribution in [-0.4, -0.2) is 22.9 Å². The molecular formula is C24H22N4O. The Bertz CT molecular complexity index is 1200. The van der Waals surface area contributed by atoms with Gasteiger partial charge in [-0.2, -0.15) is 0 Å². The van der Waals surface area contributed by atoms with Gasteiger partial charge in [0.15, 0.2) is 0 Å². The molecule has 0 saturated carbocycles. The number of aromatic amines is 1. The number of anilines is 3. The van der Waals surface area contributed by atoms with Gasteiger partial charge in [0.25, 0.3) is 5.91 Å². The highest BCUT2D eigenvalue weighted by atomic mass is 16.1. The standard InChI is InChI=1S/C24H22N4O/c1-28(19-10-12-25-13-11-19)22-7-3-6-21-23(22)20(15-26-21)24(29)27-18-9-8-16-4-2-5-17(16)14-18/h3,6-15,26H,2,4-5H2,1H3,(H,27,29). The Labute approximate surface area is 169 Å². The van der Waals surface area contributed by atoms with Gasteiger partial charge in [0.05, 0.1) is 11.3 Å². The normalized spacial score (nSPS) is 12.7. The van der Waals surface area contributed by atoms with Crippen LogP contribution in [0.4, 0.5) is 17.1 Å². The number of aryl methyl sites for hydroxylation is 2. The zero-order valence-electron chi connectivity index (χ0n) is 16.3. The van der Waals surface area contributed by atoms with E-state index in [1.54, 1.807) is 18.6 Å². The van der Waals surface area contributed by atoms with Gasteiger partial charge in [0, 0.05) is 47.9 Å². The summed E-state index contributed by atoms with van der Waals surface area (Å²) in [5.74, 6) is -0.107. The molecule has 2 heterocycles. The zero-order chi connectivity index (χ0) is 19.8. The molecule has 2 N–H and O–H groups in total. The molecule has 4 aromatic rings. The van der Waals surface area contributed by atoms with E-state index in [0.717, 1.165) is 40.8 Å². The summed E-state index contributed by atoms with van der Waals surface area (Å²) in [6.45, 7) is 0. The summed E-state index contributed by atoms with van der Waals surface area (Å²) in [6.07, 6.45) is 8.75. The molecule has 1 aliphatic carbocycles. The molecule has 144 valence electrons. The maximum atomic E-state index is 13.1. The van der Waals surface area contributed by atoms with Crippen molar-refractivity contribution in [3.63, 3.8) is 0 Å². The molecule has 0 unspecified atom stereocenters. The average Bonchev–Trinajstić information content (AvgIpc) is 3.40. The third kappa shape index (κ3) is 3.14. The first-order valence-corrected chi connectivity index (χ1v) is 9.88. The molecule has 0 bridgehead atoms. The highest BCUT2D eigenvalue weighted by Gasteiger charge is 2.19. The zero-order valence-corrected chi connectivity index (χ0v) is 16.3. The summed E-state index contributed by atoms with van der Waals surface area (Å²) in [7, 11) is 2.00. The van der Waals surface area contributed by atoms with Crippen LogP contribution in [0.1, 0.15) is 27.9 Å². The first kappa shape index (κ1) is 17.5. The molecule has 0 aliphatic heterocycles. The number of aromatic nitrogens is 2. The lowest BCUT2D eigenvalue weighted by Gasteiger charge is -2.21. The van der Waals surface area contributed by atoms with Crippen LogP contribution >= 0.6 is 0 Å². The SMILES string of the molecule is CN(c1ccncc1)c1cccc2[nH]cc(C(=O)Nc3ccc4c(c3)CCC4)c12. The number of rotatable bonds is 4. The van der Waals surface area contributed by atoms with E-state index in [4.69, 9.17) is 0 Å². The van der Waals surface area contributed by atoms with Gasteiger partial charge in [-0.15, -0.1) is 0 Å². The summed E-state index contributed by atoms with van der Waals surface area (Å²) in [6, 6.07) is 16.2. The minimum atomic E-state index is -0.107. The van der Waals surface area contributed by atoms with Crippen LogP contribution < -0.4 is 10.2 Å². The van der Waals surface area contributed by atoms with Gasteiger partial charge >= 0.3 is 0 Å². The first-order chi connectivity index (χ1) is 14.2. The molecule has 5 rings (SSSR count). The molecule has 5 heteroatoms. The number of hydrogen-bond donors (Lipinski definition) is 2. The quantitative estimate of drug-likeness (QED) is 0.518. The number of benzene rings is 2. The van der Waals surface area contributed by atoms with Gasteiger partial charge in [-0.3, -0.25) is 9.78 Å². The number of H-pyrrole nitrogens is 1. The van der Waals surface area contributed by atoms with E-state index in [1.165, 1.54) is 17.5 Å². The van der Waals surface area contributed by atoms with E-state index in [-0.39, 0.29) is 5.91 Å². The van der Waals surface area contributed by atoms with Crippen LogP contribution in [0.2, 0.25) is 0 Å². The minimum absolute atomic E-state index is 0.107. The monoisotopic (exact) mass is 382 g/mol. The number of fused-ring (bicyclic) bond motifs is 2. The predicted octanol–water partition coefficient (Wildman–Crippen LogP) is 5.07. The number of carbonyl (C=O) groups excluding carboxylic acids is 1. The number of nitrogens with zero attached hydrogens (tertiary/aromatic N) is 2. The van der Waals surface area contributed by atoms with E-state index in [2.05, 4.69) is 32.3 Å². The first-order valence-electron chi connectivity index (χ1n) is 9.88. The second kappa shape index (κ2) is 7.09. The van der Waals surface area contributed by atoms with Crippen molar-refractivity contribution in [1.29, 1.82) is 0 Å². The van der Waals surface area contributed by atoms with Crippen LogP contribution in [0.5, 0.6) is 0 Å². The van der Waals surface area contributed by atoms with Crippen LogP contribution in [-0.2, 0) is 12.8 Å². The van der Waals surface area contributed by atoms with E-state index >= 15 is 0 Å². The smallest absolute Gasteiger partial charge is 0.257 e. The fourth-order valence-electron chi connectivity index (χ4n) is 4.18. The summed E-state index contributed by atoms with van der Waals surface area (Å²) in [5.41, 5.74) is 7.15. The molecule has 0 spiro atoms. The summed E-state index contributed by atoms with van der Waals surface area (Å²) < 4.78 is 0. The van der Waals surface area contributed by atoms with Crippen molar-refractivity contribution in [2.24, 2.45) is 0 Å². The average molecular weight is 382 g/mol. The van der Waals surface area contributed by atoms with Crippen LogP contribution in [0, 0.1) is 0 Å². The van der Waals surface area contributed by atoms with Crippen LogP contribution in [0.15, 0.2) is 67.1 Å². The molecule has 1 aliphatic rings. The summed E-state index contributed by atoms with van der Waals surface area (Å²) in [4.78, 5) is 22.6. The second-order valence-corrected chi connectivity index (χ2v) is 7.46. The highest BCUT2D eigenvalue weighted by Crippen LogP contribution is 2.33. The third-order valence-electron chi connectivity index (χ3n) is 5.70. The number of amides is 1. The van der Waals surface area contributed by atoms with Gasteiger partial charge in [-0.05, 0) is 66.8 Å². The Hall–Kier alpha value is -3.60. The van der Waals surface area contributed by atoms with Crippen molar-refractivity contribution in [2.75, 3.05) is 17.3 Å². The molecular weight excluding hydrogens is 360 g/mol. The topological polar surface area (TPSA) is 61.0 Å².